The van der Waals surface area contributed by atoms with Crippen molar-refractivity contribution in [2.24, 2.45) is 5.73 Å². The van der Waals surface area contributed by atoms with E-state index in [9.17, 15) is 19.1 Å². The van der Waals surface area contributed by atoms with E-state index in [1.165, 1.54) is 18.2 Å². The van der Waals surface area contributed by atoms with Crippen molar-refractivity contribution in [3.05, 3.63) is 72.1 Å². The van der Waals surface area contributed by atoms with E-state index >= 15 is 0 Å². The zero-order valence-electron chi connectivity index (χ0n) is 18.2. The Morgan fingerprint density at radius 1 is 0.971 bits per heavy atom. The molecule has 34 heavy (non-hydrogen) atoms. The third kappa shape index (κ3) is 3.91. The summed E-state index contributed by atoms with van der Waals surface area (Å²) in [6.07, 6.45) is 4.72. The Balaban J connectivity index is 1.76. The second-order valence-corrected chi connectivity index (χ2v) is 8.41. The molecular weight excluding hydrogens is 436 g/mol. The van der Waals surface area contributed by atoms with E-state index in [1.54, 1.807) is 24.5 Å². The molecule has 5 rings (SSSR count). The molecule has 2 aromatic heterocycles. The molecule has 1 aliphatic rings. The lowest BCUT2D eigenvalue weighted by atomic mass is 9.97. The smallest absolute Gasteiger partial charge is 0.161 e. The van der Waals surface area contributed by atoms with Crippen molar-refractivity contribution in [3.63, 3.8) is 0 Å². The number of para-hydroxylation sites is 1. The first kappa shape index (κ1) is 21.7. The minimum Gasteiger partial charge on any atom is -0.506 e. The predicted octanol–water partition coefficient (Wildman–Crippen LogP) is 4.75. The number of phenols is 1. The van der Waals surface area contributed by atoms with E-state index < -0.39 is 11.6 Å². The summed E-state index contributed by atoms with van der Waals surface area (Å²) in [5, 5.41) is 20.6. The summed E-state index contributed by atoms with van der Waals surface area (Å²) in [6.45, 7) is 1.34. The van der Waals surface area contributed by atoms with Crippen molar-refractivity contribution < 1.29 is 13.9 Å². The van der Waals surface area contributed by atoms with Crippen LogP contribution < -0.4 is 10.6 Å². The topological polar surface area (TPSA) is 99.1 Å². The van der Waals surface area contributed by atoms with Crippen molar-refractivity contribution in [2.45, 2.75) is 18.9 Å². The molecule has 4 aromatic rings. The van der Waals surface area contributed by atoms with Gasteiger partial charge in [0.25, 0.3) is 0 Å². The summed E-state index contributed by atoms with van der Waals surface area (Å²) in [6, 6.07) is 12.2. The molecule has 170 valence electrons. The molecule has 0 unspecified atom stereocenters. The van der Waals surface area contributed by atoms with E-state index in [0.29, 0.717) is 46.4 Å². The van der Waals surface area contributed by atoms with Crippen molar-refractivity contribution in [1.82, 2.24) is 9.97 Å². The highest BCUT2D eigenvalue weighted by Crippen LogP contribution is 2.40. The van der Waals surface area contributed by atoms with Gasteiger partial charge in [-0.25, -0.2) is 18.7 Å². The van der Waals surface area contributed by atoms with Crippen molar-refractivity contribution in [2.75, 3.05) is 18.0 Å². The summed E-state index contributed by atoms with van der Waals surface area (Å²) < 4.78 is 28.2. The van der Waals surface area contributed by atoms with E-state index in [0.717, 1.165) is 24.6 Å². The SMILES string of the molecule is N#Cc1cccc(-c2cnc3ncc(-c4cc(F)cc(F)c4)c(N4CCC(N)CC4)c3c2)c1O. The molecule has 6 nitrogen and oxygen atoms in total. The number of piperidine rings is 1. The van der Waals surface area contributed by atoms with Crippen LogP contribution in [0, 0.1) is 23.0 Å². The minimum absolute atomic E-state index is 0.0961. The molecule has 1 aliphatic heterocycles. The molecule has 0 atom stereocenters. The van der Waals surface area contributed by atoms with E-state index in [2.05, 4.69) is 14.9 Å². The fraction of sp³-hybridized carbons (Fsp3) is 0.192. The molecule has 1 saturated heterocycles. The van der Waals surface area contributed by atoms with E-state index in [1.807, 2.05) is 12.1 Å². The highest BCUT2D eigenvalue weighted by molar-refractivity contribution is 6.00. The number of anilines is 1. The number of benzene rings is 2. The average Bonchev–Trinajstić information content (AvgIpc) is 2.83. The molecule has 2 aromatic carbocycles. The molecule has 0 spiro atoms. The Morgan fingerprint density at radius 3 is 2.38 bits per heavy atom. The molecule has 0 bridgehead atoms. The first-order valence-electron chi connectivity index (χ1n) is 10.9. The zero-order chi connectivity index (χ0) is 23.8. The Kier molecular flexibility index (Phi) is 5.56. The van der Waals surface area contributed by atoms with Crippen LogP contribution >= 0.6 is 0 Å². The minimum atomic E-state index is -0.674. The molecule has 3 heterocycles. The Labute approximate surface area is 194 Å². The number of aromatic nitrogens is 2. The maximum atomic E-state index is 14.1. The van der Waals surface area contributed by atoms with Crippen LogP contribution in [0.25, 0.3) is 33.3 Å². The lowest BCUT2D eigenvalue weighted by molar-refractivity contribution is 0.475. The Morgan fingerprint density at radius 2 is 1.68 bits per heavy atom. The van der Waals surface area contributed by atoms with Gasteiger partial charge in [0.2, 0.25) is 0 Å². The normalized spacial score (nSPS) is 14.4. The second kappa shape index (κ2) is 8.69. The van der Waals surface area contributed by atoms with Gasteiger partial charge in [0.15, 0.2) is 5.65 Å². The first-order valence-corrected chi connectivity index (χ1v) is 10.9. The molecule has 0 saturated carbocycles. The quantitative estimate of drug-likeness (QED) is 0.461. The Hall–Kier alpha value is -4.09. The number of hydrogen-bond donors (Lipinski definition) is 2. The third-order valence-corrected chi connectivity index (χ3v) is 6.19. The number of fused-ring (bicyclic) bond motifs is 1. The monoisotopic (exact) mass is 457 g/mol. The number of hydrogen-bond acceptors (Lipinski definition) is 6. The summed E-state index contributed by atoms with van der Waals surface area (Å²) >= 11 is 0. The van der Waals surface area contributed by atoms with Crippen LogP contribution in [0.15, 0.2) is 54.9 Å². The van der Waals surface area contributed by atoms with Gasteiger partial charge in [-0.3, -0.25) is 0 Å². The summed E-state index contributed by atoms with van der Waals surface area (Å²) in [4.78, 5) is 11.1. The molecular formula is C26H21F2N5O. The number of rotatable bonds is 3. The summed E-state index contributed by atoms with van der Waals surface area (Å²) in [7, 11) is 0. The fourth-order valence-electron chi connectivity index (χ4n) is 4.46. The molecule has 0 aliphatic carbocycles. The van der Waals surface area contributed by atoms with Gasteiger partial charge < -0.3 is 15.7 Å². The van der Waals surface area contributed by atoms with Gasteiger partial charge in [0, 0.05) is 59.7 Å². The summed E-state index contributed by atoms with van der Waals surface area (Å²) in [5.74, 6) is -1.48. The highest BCUT2D eigenvalue weighted by atomic mass is 19.1. The number of halogens is 2. The number of nitriles is 1. The fourth-order valence-corrected chi connectivity index (χ4v) is 4.46. The number of nitrogens with zero attached hydrogens (tertiary/aromatic N) is 4. The van der Waals surface area contributed by atoms with Gasteiger partial charge in [0.1, 0.15) is 23.5 Å². The molecule has 0 amide bonds. The van der Waals surface area contributed by atoms with Crippen molar-refractivity contribution in [1.29, 1.82) is 5.26 Å². The van der Waals surface area contributed by atoms with Crippen molar-refractivity contribution in [3.8, 4) is 34.1 Å². The van der Waals surface area contributed by atoms with Crippen LogP contribution in [-0.2, 0) is 0 Å². The maximum Gasteiger partial charge on any atom is 0.161 e. The van der Waals surface area contributed by atoms with Crippen LogP contribution in [0.3, 0.4) is 0 Å². The Bertz CT molecular complexity index is 1420. The molecule has 1 fully saturated rings. The number of phenolic OH excluding ortho intramolecular Hbond substituents is 1. The van der Waals surface area contributed by atoms with Gasteiger partial charge in [-0.05, 0) is 42.7 Å². The standard InChI is InChI=1S/C26H21F2N5O/c27-18-8-16(9-19(28)11-18)23-14-32-26-22(24(23)33-6-4-20(30)5-7-33)10-17(13-31-26)21-3-1-2-15(12-29)25(21)34/h1-3,8-11,13-14,20,34H,4-7,30H2. The lowest BCUT2D eigenvalue weighted by Gasteiger charge is -2.34. The second-order valence-electron chi connectivity index (χ2n) is 8.41. The predicted molar refractivity (Wildman–Crippen MR) is 126 cm³/mol. The van der Waals surface area contributed by atoms with Gasteiger partial charge in [0.05, 0.1) is 11.3 Å². The van der Waals surface area contributed by atoms with Gasteiger partial charge in [-0.1, -0.05) is 12.1 Å². The lowest BCUT2D eigenvalue weighted by Crippen LogP contribution is -2.40. The van der Waals surface area contributed by atoms with Crippen molar-refractivity contribution >= 4 is 16.7 Å². The van der Waals surface area contributed by atoms with Crippen LogP contribution in [0.4, 0.5) is 14.5 Å². The van der Waals surface area contributed by atoms with Crippen LogP contribution in [0.1, 0.15) is 18.4 Å². The van der Waals surface area contributed by atoms with Gasteiger partial charge in [-0.2, -0.15) is 5.26 Å². The van der Waals surface area contributed by atoms with E-state index in [4.69, 9.17) is 5.73 Å². The summed E-state index contributed by atoms with van der Waals surface area (Å²) in [5.41, 5.74) is 9.50. The largest absolute Gasteiger partial charge is 0.506 e. The van der Waals surface area contributed by atoms with Crippen LogP contribution in [-0.4, -0.2) is 34.2 Å². The van der Waals surface area contributed by atoms with E-state index in [-0.39, 0.29) is 17.4 Å². The van der Waals surface area contributed by atoms with Crippen LogP contribution in [0.2, 0.25) is 0 Å². The molecule has 3 N–H and O–H groups in total. The van der Waals surface area contributed by atoms with Gasteiger partial charge in [-0.15, -0.1) is 0 Å². The first-order chi connectivity index (χ1) is 16.4. The van der Waals surface area contributed by atoms with Gasteiger partial charge >= 0.3 is 0 Å². The highest BCUT2D eigenvalue weighted by Gasteiger charge is 2.23. The maximum absolute atomic E-state index is 14.1. The molecule has 8 heteroatoms. The number of aromatic hydroxyl groups is 1. The number of pyridine rings is 2. The zero-order valence-corrected chi connectivity index (χ0v) is 18.2. The number of nitrogens with two attached hydrogens (primary N) is 1. The van der Waals surface area contributed by atoms with Crippen LogP contribution in [0.5, 0.6) is 5.75 Å². The average molecular weight is 457 g/mol. The third-order valence-electron chi connectivity index (χ3n) is 6.19. The molecule has 0 radical (unpaired) electrons.